The van der Waals surface area contributed by atoms with E-state index in [9.17, 15) is 8.78 Å². The van der Waals surface area contributed by atoms with Crippen molar-refractivity contribution >= 4 is 22.5 Å². The van der Waals surface area contributed by atoms with Crippen molar-refractivity contribution < 1.29 is 13.5 Å². The second-order valence-electron chi connectivity index (χ2n) is 5.86. The van der Waals surface area contributed by atoms with Gasteiger partial charge in [-0.1, -0.05) is 60.3 Å². The van der Waals surface area contributed by atoms with Crippen LogP contribution in [0.1, 0.15) is 12.0 Å². The molecule has 26 heavy (non-hydrogen) atoms. The van der Waals surface area contributed by atoms with Gasteiger partial charge in [0.15, 0.2) is 0 Å². The number of fused-ring (bicyclic) bond motifs is 1. The highest BCUT2D eigenvalue weighted by molar-refractivity contribution is 8.03. The molecular weight excluding hydrogens is 350 g/mol. The molecule has 4 heteroatoms. The van der Waals surface area contributed by atoms with Crippen molar-refractivity contribution in [1.29, 1.82) is 0 Å². The highest BCUT2D eigenvalue weighted by Crippen LogP contribution is 2.32. The van der Waals surface area contributed by atoms with Gasteiger partial charge < -0.3 is 4.74 Å². The van der Waals surface area contributed by atoms with Crippen LogP contribution in [0.2, 0.25) is 0 Å². The van der Waals surface area contributed by atoms with Crippen molar-refractivity contribution in [3.8, 4) is 5.75 Å². The Balaban J connectivity index is 1.70. The number of methoxy groups -OCH3 is 1. The zero-order chi connectivity index (χ0) is 18.4. The quantitative estimate of drug-likeness (QED) is 0.427. The summed E-state index contributed by atoms with van der Waals surface area (Å²) in [7, 11) is 1.58. The van der Waals surface area contributed by atoms with Crippen LogP contribution in [0.4, 0.5) is 8.78 Å². The third-order valence-corrected chi connectivity index (χ3v) is 5.24. The summed E-state index contributed by atoms with van der Waals surface area (Å²) < 4.78 is 31.9. The first kappa shape index (κ1) is 18.5. The molecule has 3 aromatic carbocycles. The molecular formula is C22H20F2OS. The lowest BCUT2D eigenvalue weighted by molar-refractivity contribution is 0.199. The Morgan fingerprint density at radius 1 is 1.00 bits per heavy atom. The molecule has 3 aromatic rings. The fourth-order valence-corrected chi connectivity index (χ4v) is 3.67. The lowest BCUT2D eigenvalue weighted by atomic mass is 10.0. The third-order valence-electron chi connectivity index (χ3n) is 4.15. The summed E-state index contributed by atoms with van der Waals surface area (Å²) in [5.41, 5.74) is 1.18. The first-order valence-electron chi connectivity index (χ1n) is 8.44. The summed E-state index contributed by atoms with van der Waals surface area (Å²) in [4.78, 5) is 0.873. The molecule has 0 fully saturated rings. The van der Waals surface area contributed by atoms with E-state index in [1.165, 1.54) is 16.3 Å². The molecule has 1 nitrogen and oxygen atoms in total. The summed E-state index contributed by atoms with van der Waals surface area (Å²) in [6.45, 7) is 0. The van der Waals surface area contributed by atoms with Crippen LogP contribution in [-0.4, -0.2) is 13.5 Å². The number of hydrogen-bond acceptors (Lipinski definition) is 2. The van der Waals surface area contributed by atoms with Crippen molar-refractivity contribution in [2.24, 2.45) is 0 Å². The topological polar surface area (TPSA) is 9.23 Å². The number of alkyl halides is 2. The van der Waals surface area contributed by atoms with E-state index in [-0.39, 0.29) is 4.91 Å². The van der Waals surface area contributed by atoms with Crippen LogP contribution in [0, 0.1) is 0 Å². The monoisotopic (exact) mass is 370 g/mol. The van der Waals surface area contributed by atoms with E-state index < -0.39 is 6.43 Å². The Morgan fingerprint density at radius 2 is 1.73 bits per heavy atom. The minimum atomic E-state index is -2.48. The van der Waals surface area contributed by atoms with Crippen LogP contribution < -0.4 is 4.74 Å². The van der Waals surface area contributed by atoms with Crippen molar-refractivity contribution in [2.75, 3.05) is 7.11 Å². The van der Waals surface area contributed by atoms with E-state index in [2.05, 4.69) is 24.3 Å². The lowest BCUT2D eigenvalue weighted by Gasteiger charge is -2.08. The first-order valence-corrected chi connectivity index (χ1v) is 9.26. The molecule has 0 aliphatic rings. The average Bonchev–Trinajstić information content (AvgIpc) is 2.67. The molecule has 0 saturated carbocycles. The van der Waals surface area contributed by atoms with E-state index in [1.807, 2.05) is 18.2 Å². The molecule has 0 radical (unpaired) electrons. The maximum atomic E-state index is 13.4. The predicted molar refractivity (Wildman–Crippen MR) is 105 cm³/mol. The van der Waals surface area contributed by atoms with E-state index in [4.69, 9.17) is 4.74 Å². The molecule has 0 aliphatic heterocycles. The second kappa shape index (κ2) is 8.86. The van der Waals surface area contributed by atoms with Crippen LogP contribution in [-0.2, 0) is 6.42 Å². The Kier molecular flexibility index (Phi) is 6.29. The summed E-state index contributed by atoms with van der Waals surface area (Å²) in [6, 6.07) is 21.5. The van der Waals surface area contributed by atoms with E-state index in [0.717, 1.165) is 23.1 Å². The van der Waals surface area contributed by atoms with E-state index in [1.54, 1.807) is 37.5 Å². The number of halogens is 2. The molecule has 134 valence electrons. The van der Waals surface area contributed by atoms with Crippen LogP contribution in [0.5, 0.6) is 5.75 Å². The fourth-order valence-electron chi connectivity index (χ4n) is 2.84. The summed E-state index contributed by atoms with van der Waals surface area (Å²) >= 11 is 1.11. The molecule has 0 N–H and O–H groups in total. The SMILES string of the molecule is COc1ccc(S/C(=C\CCc2cccc3ccccc23)C(F)F)cc1. The van der Waals surface area contributed by atoms with Crippen molar-refractivity contribution in [3.05, 3.63) is 83.3 Å². The van der Waals surface area contributed by atoms with Crippen LogP contribution >= 0.6 is 11.8 Å². The number of hydrogen-bond donors (Lipinski definition) is 0. The van der Waals surface area contributed by atoms with Crippen LogP contribution in [0.25, 0.3) is 10.8 Å². The highest BCUT2D eigenvalue weighted by atomic mass is 32.2. The van der Waals surface area contributed by atoms with Crippen molar-refractivity contribution in [1.82, 2.24) is 0 Å². The summed E-state index contributed by atoms with van der Waals surface area (Å²) in [5, 5.41) is 2.36. The Bertz CT molecular complexity index is 883. The first-order chi connectivity index (χ1) is 12.7. The summed E-state index contributed by atoms with van der Waals surface area (Å²) in [5.74, 6) is 0.716. The molecule has 0 unspecified atom stereocenters. The van der Waals surface area contributed by atoms with Crippen LogP contribution in [0.3, 0.4) is 0 Å². The van der Waals surface area contributed by atoms with Crippen molar-refractivity contribution in [2.45, 2.75) is 24.2 Å². The highest BCUT2D eigenvalue weighted by Gasteiger charge is 2.13. The number of benzene rings is 3. The van der Waals surface area contributed by atoms with Crippen molar-refractivity contribution in [3.63, 3.8) is 0 Å². The minimum Gasteiger partial charge on any atom is -0.497 e. The van der Waals surface area contributed by atoms with Gasteiger partial charge in [0.05, 0.1) is 12.0 Å². The predicted octanol–water partition coefficient (Wildman–Crippen LogP) is 6.72. The van der Waals surface area contributed by atoms with Gasteiger partial charge in [0.2, 0.25) is 0 Å². The van der Waals surface area contributed by atoms with Gasteiger partial charge in [0.25, 0.3) is 6.43 Å². The number of thioether (sulfide) groups is 1. The molecule has 0 aromatic heterocycles. The smallest absolute Gasteiger partial charge is 0.269 e. The minimum absolute atomic E-state index is 0.0930. The van der Waals surface area contributed by atoms with Gasteiger partial charge >= 0.3 is 0 Å². The number of aryl methyl sites for hydroxylation is 1. The number of rotatable bonds is 7. The number of ether oxygens (including phenoxy) is 1. The Hall–Kier alpha value is -2.33. The average molecular weight is 370 g/mol. The largest absolute Gasteiger partial charge is 0.497 e. The van der Waals surface area contributed by atoms with Crippen LogP contribution in [0.15, 0.2) is 82.6 Å². The molecule has 0 bridgehead atoms. The third kappa shape index (κ3) is 4.64. The maximum Gasteiger partial charge on any atom is 0.269 e. The standard InChI is InChI=1S/C22H20F2OS/c1-25-18-12-14-19(15-13-18)26-21(22(23)24)11-5-9-17-8-4-7-16-6-2-3-10-20(16)17/h2-4,6-8,10-15,22H,5,9H2,1H3/b21-11-. The normalized spacial score (nSPS) is 11.9. The van der Waals surface area contributed by atoms with Gasteiger partial charge in [0.1, 0.15) is 5.75 Å². The Morgan fingerprint density at radius 3 is 2.46 bits per heavy atom. The van der Waals surface area contributed by atoms with E-state index in [0.29, 0.717) is 12.2 Å². The maximum absolute atomic E-state index is 13.4. The van der Waals surface area contributed by atoms with Gasteiger partial charge in [-0.25, -0.2) is 8.78 Å². The van der Waals surface area contributed by atoms with Gasteiger partial charge in [-0.15, -0.1) is 0 Å². The Labute approximate surface area is 156 Å². The van der Waals surface area contributed by atoms with Gasteiger partial charge in [-0.2, -0.15) is 0 Å². The zero-order valence-corrected chi connectivity index (χ0v) is 15.3. The van der Waals surface area contributed by atoms with Gasteiger partial charge in [-0.05, 0) is 53.4 Å². The molecule has 0 aliphatic carbocycles. The molecule has 0 amide bonds. The molecule has 0 atom stereocenters. The van der Waals surface area contributed by atoms with Gasteiger partial charge in [0, 0.05) is 4.90 Å². The summed E-state index contributed by atoms with van der Waals surface area (Å²) in [6.07, 6.45) is 0.494. The van der Waals surface area contributed by atoms with Gasteiger partial charge in [-0.3, -0.25) is 0 Å². The molecule has 0 spiro atoms. The van der Waals surface area contributed by atoms with E-state index >= 15 is 0 Å². The lowest BCUT2D eigenvalue weighted by Crippen LogP contribution is -1.94. The second-order valence-corrected chi connectivity index (χ2v) is 7.01. The fraction of sp³-hybridized carbons (Fsp3) is 0.182. The zero-order valence-electron chi connectivity index (χ0n) is 14.5. The number of allylic oxidation sites excluding steroid dienone is 2. The molecule has 0 saturated heterocycles. The molecule has 3 rings (SSSR count). The molecule has 0 heterocycles.